The lowest BCUT2D eigenvalue weighted by Crippen LogP contribution is -2.38. The van der Waals surface area contributed by atoms with Crippen molar-refractivity contribution in [2.45, 2.75) is 11.9 Å². The van der Waals surface area contributed by atoms with E-state index < -0.39 is 5.00 Å². The molecule has 0 heterocycles. The zero-order valence-electron chi connectivity index (χ0n) is 6.75. The molecular formula is C9H10ClNO. The van der Waals surface area contributed by atoms with Crippen LogP contribution >= 0.6 is 11.6 Å². The lowest BCUT2D eigenvalue weighted by molar-refractivity contribution is 0.0949. The van der Waals surface area contributed by atoms with Gasteiger partial charge in [-0.05, 0) is 6.92 Å². The first-order chi connectivity index (χ1) is 5.52. The molecule has 2 nitrogen and oxygen atoms in total. The Balaban J connectivity index is 2.94. The van der Waals surface area contributed by atoms with Crippen molar-refractivity contribution in [2.75, 3.05) is 0 Å². The molecule has 0 fully saturated rings. The quantitative estimate of drug-likeness (QED) is 0.432. The normalized spacial score (nSPS) is 15.2. The van der Waals surface area contributed by atoms with Gasteiger partial charge in [-0.1, -0.05) is 41.9 Å². The standard InChI is InChI=1S/C9H10ClNO/c1-9(10,11)8(12)7-5-3-2-4-6-7/h2-6H,11H2,1H3. The van der Waals surface area contributed by atoms with Gasteiger partial charge in [-0.15, -0.1) is 0 Å². The molecule has 1 aromatic carbocycles. The van der Waals surface area contributed by atoms with Crippen LogP contribution in [0.2, 0.25) is 0 Å². The molecule has 1 atom stereocenters. The van der Waals surface area contributed by atoms with E-state index in [0.717, 1.165) is 0 Å². The Morgan fingerprint density at radius 2 is 1.92 bits per heavy atom. The maximum atomic E-state index is 11.4. The van der Waals surface area contributed by atoms with Crippen molar-refractivity contribution in [3.8, 4) is 0 Å². The summed E-state index contributed by atoms with van der Waals surface area (Å²) >= 11 is 5.65. The summed E-state index contributed by atoms with van der Waals surface area (Å²) in [6.45, 7) is 1.48. The summed E-state index contributed by atoms with van der Waals surface area (Å²) in [6, 6.07) is 8.76. The van der Waals surface area contributed by atoms with Crippen molar-refractivity contribution < 1.29 is 4.79 Å². The van der Waals surface area contributed by atoms with Crippen LogP contribution < -0.4 is 5.73 Å². The van der Waals surface area contributed by atoms with Gasteiger partial charge in [0, 0.05) is 5.56 Å². The van der Waals surface area contributed by atoms with Gasteiger partial charge in [0.05, 0.1) is 0 Å². The van der Waals surface area contributed by atoms with E-state index in [0.29, 0.717) is 5.56 Å². The number of alkyl halides is 1. The SMILES string of the molecule is CC(N)(Cl)C(=O)c1ccccc1. The molecule has 2 N–H and O–H groups in total. The van der Waals surface area contributed by atoms with Crippen molar-refractivity contribution in [3.05, 3.63) is 35.9 Å². The molecule has 0 amide bonds. The Morgan fingerprint density at radius 3 is 2.33 bits per heavy atom. The Bertz CT molecular complexity index is 276. The molecule has 64 valence electrons. The minimum absolute atomic E-state index is 0.259. The van der Waals surface area contributed by atoms with Gasteiger partial charge < -0.3 is 5.73 Å². The van der Waals surface area contributed by atoms with Crippen molar-refractivity contribution in [1.29, 1.82) is 0 Å². The largest absolute Gasteiger partial charge is 0.306 e. The van der Waals surface area contributed by atoms with Crippen LogP contribution in [0, 0.1) is 0 Å². The number of halogens is 1. The summed E-state index contributed by atoms with van der Waals surface area (Å²) in [5.74, 6) is -0.259. The Morgan fingerprint density at radius 1 is 1.42 bits per heavy atom. The first-order valence-corrected chi connectivity index (χ1v) is 3.97. The summed E-state index contributed by atoms with van der Waals surface area (Å²) in [5.41, 5.74) is 5.97. The van der Waals surface area contributed by atoms with Crippen LogP contribution in [0.5, 0.6) is 0 Å². The van der Waals surface area contributed by atoms with E-state index in [1.54, 1.807) is 24.3 Å². The second-order valence-corrected chi connectivity index (χ2v) is 3.56. The topological polar surface area (TPSA) is 43.1 Å². The first-order valence-electron chi connectivity index (χ1n) is 3.59. The van der Waals surface area contributed by atoms with Gasteiger partial charge in [-0.3, -0.25) is 4.79 Å². The second-order valence-electron chi connectivity index (χ2n) is 2.77. The molecule has 0 aliphatic carbocycles. The fourth-order valence-corrected chi connectivity index (χ4v) is 0.981. The number of rotatable bonds is 2. The molecule has 1 aromatic rings. The molecule has 0 bridgehead atoms. The van der Waals surface area contributed by atoms with Crippen molar-refractivity contribution in [1.82, 2.24) is 0 Å². The number of hydrogen-bond donors (Lipinski definition) is 1. The molecule has 1 rings (SSSR count). The third-order valence-corrected chi connectivity index (χ3v) is 1.65. The van der Waals surface area contributed by atoms with Gasteiger partial charge in [-0.25, -0.2) is 0 Å². The van der Waals surface area contributed by atoms with E-state index in [1.165, 1.54) is 6.92 Å². The summed E-state index contributed by atoms with van der Waals surface area (Å²) < 4.78 is 0. The Hall–Kier alpha value is -0.860. The Kier molecular flexibility index (Phi) is 2.50. The van der Waals surface area contributed by atoms with Crippen LogP contribution in [0.3, 0.4) is 0 Å². The number of ketones is 1. The average molecular weight is 184 g/mol. The van der Waals surface area contributed by atoms with Gasteiger partial charge in [0.1, 0.15) is 0 Å². The van der Waals surface area contributed by atoms with E-state index in [2.05, 4.69) is 0 Å². The zero-order chi connectivity index (χ0) is 9.19. The lowest BCUT2D eigenvalue weighted by Gasteiger charge is -2.13. The van der Waals surface area contributed by atoms with E-state index in [9.17, 15) is 4.79 Å². The fraction of sp³-hybridized carbons (Fsp3) is 0.222. The molecule has 12 heavy (non-hydrogen) atoms. The van der Waals surface area contributed by atoms with Gasteiger partial charge in [-0.2, -0.15) is 0 Å². The molecule has 0 spiro atoms. The molecule has 1 unspecified atom stereocenters. The van der Waals surface area contributed by atoms with E-state index in [1.807, 2.05) is 6.07 Å². The van der Waals surface area contributed by atoms with E-state index in [4.69, 9.17) is 17.3 Å². The molecule has 0 aliphatic heterocycles. The number of nitrogens with two attached hydrogens (primary N) is 1. The molecule has 0 saturated carbocycles. The molecule has 0 aliphatic rings. The number of hydrogen-bond acceptors (Lipinski definition) is 2. The highest BCUT2D eigenvalue weighted by molar-refractivity contribution is 6.37. The molecule has 0 radical (unpaired) electrons. The lowest BCUT2D eigenvalue weighted by atomic mass is 10.1. The highest BCUT2D eigenvalue weighted by Crippen LogP contribution is 2.13. The average Bonchev–Trinajstić information content (AvgIpc) is 2.03. The maximum Gasteiger partial charge on any atom is 0.197 e. The molecular weight excluding hydrogens is 174 g/mol. The van der Waals surface area contributed by atoms with Crippen LogP contribution in [0.1, 0.15) is 17.3 Å². The number of carbonyl (C=O) groups is 1. The van der Waals surface area contributed by atoms with Crippen molar-refractivity contribution in [2.24, 2.45) is 5.73 Å². The van der Waals surface area contributed by atoms with Gasteiger partial charge in [0.15, 0.2) is 10.8 Å². The fourth-order valence-electron chi connectivity index (χ4n) is 0.872. The third-order valence-electron chi connectivity index (χ3n) is 1.48. The van der Waals surface area contributed by atoms with Gasteiger partial charge in [0.2, 0.25) is 0 Å². The van der Waals surface area contributed by atoms with Gasteiger partial charge in [0.25, 0.3) is 0 Å². The number of carbonyl (C=O) groups excluding carboxylic acids is 1. The third kappa shape index (κ3) is 2.06. The maximum absolute atomic E-state index is 11.4. The van der Waals surface area contributed by atoms with Crippen LogP contribution in [0.4, 0.5) is 0 Å². The predicted octanol–water partition coefficient (Wildman–Crippen LogP) is 1.78. The summed E-state index contributed by atoms with van der Waals surface area (Å²) in [5, 5.41) is 0. The first kappa shape index (κ1) is 9.23. The Labute approximate surface area is 76.3 Å². The smallest absolute Gasteiger partial charge is 0.197 e. The highest BCUT2D eigenvalue weighted by Gasteiger charge is 2.25. The predicted molar refractivity (Wildman–Crippen MR) is 49.2 cm³/mol. The van der Waals surface area contributed by atoms with Crippen LogP contribution in [-0.4, -0.2) is 10.8 Å². The molecule has 0 saturated heterocycles. The van der Waals surface area contributed by atoms with Crippen LogP contribution in [-0.2, 0) is 0 Å². The van der Waals surface area contributed by atoms with Gasteiger partial charge >= 0.3 is 0 Å². The highest BCUT2D eigenvalue weighted by atomic mass is 35.5. The van der Waals surface area contributed by atoms with E-state index in [-0.39, 0.29) is 5.78 Å². The second kappa shape index (κ2) is 3.25. The minimum atomic E-state index is -1.30. The molecule has 3 heteroatoms. The molecule has 0 aromatic heterocycles. The monoisotopic (exact) mass is 183 g/mol. The van der Waals surface area contributed by atoms with Crippen molar-refractivity contribution >= 4 is 17.4 Å². The number of Topliss-reactive ketones (excluding diaryl/α,β-unsaturated/α-hetero) is 1. The van der Waals surface area contributed by atoms with Crippen molar-refractivity contribution in [3.63, 3.8) is 0 Å². The summed E-state index contributed by atoms with van der Waals surface area (Å²) in [4.78, 5) is 10.1. The zero-order valence-corrected chi connectivity index (χ0v) is 7.51. The minimum Gasteiger partial charge on any atom is -0.306 e. The van der Waals surface area contributed by atoms with E-state index >= 15 is 0 Å². The summed E-state index contributed by atoms with van der Waals surface area (Å²) in [6.07, 6.45) is 0. The van der Waals surface area contributed by atoms with Crippen LogP contribution in [0.15, 0.2) is 30.3 Å². The summed E-state index contributed by atoms with van der Waals surface area (Å²) in [7, 11) is 0. The number of benzene rings is 1. The van der Waals surface area contributed by atoms with Crippen LogP contribution in [0.25, 0.3) is 0 Å².